The summed E-state index contributed by atoms with van der Waals surface area (Å²) in [5, 5.41) is 11.0. The number of hydrogen-bond donors (Lipinski definition) is 1. The van der Waals surface area contributed by atoms with Gasteiger partial charge in [0.25, 0.3) is 0 Å². The zero-order valence-corrected chi connectivity index (χ0v) is 11.7. The van der Waals surface area contributed by atoms with Crippen molar-refractivity contribution in [2.75, 3.05) is 0 Å². The summed E-state index contributed by atoms with van der Waals surface area (Å²) in [6.45, 7) is 0. The molecule has 0 amide bonds. The SMILES string of the molecule is c1cnn(-c2ccc(-c3ccc(-c4ncn[nH]4)cc3)cc2)c1. The van der Waals surface area contributed by atoms with Crippen molar-refractivity contribution in [2.24, 2.45) is 0 Å². The lowest BCUT2D eigenvalue weighted by atomic mass is 10.0. The van der Waals surface area contributed by atoms with Gasteiger partial charge in [0.15, 0.2) is 5.82 Å². The van der Waals surface area contributed by atoms with E-state index < -0.39 is 0 Å². The van der Waals surface area contributed by atoms with Crippen LogP contribution in [-0.2, 0) is 0 Å². The third kappa shape index (κ3) is 2.29. The second-order valence-corrected chi connectivity index (χ2v) is 4.91. The predicted octanol–water partition coefficient (Wildman–Crippen LogP) is 3.32. The fourth-order valence-corrected chi connectivity index (χ4v) is 2.39. The fourth-order valence-electron chi connectivity index (χ4n) is 2.39. The first-order valence-corrected chi connectivity index (χ1v) is 6.96. The van der Waals surface area contributed by atoms with Crippen molar-refractivity contribution in [3.8, 4) is 28.2 Å². The molecule has 0 saturated carbocycles. The summed E-state index contributed by atoms with van der Waals surface area (Å²) in [6, 6.07) is 18.5. The molecule has 0 atom stereocenters. The van der Waals surface area contributed by atoms with E-state index in [0.29, 0.717) is 0 Å². The fraction of sp³-hybridized carbons (Fsp3) is 0. The molecule has 0 aliphatic heterocycles. The van der Waals surface area contributed by atoms with Crippen LogP contribution in [0.25, 0.3) is 28.2 Å². The predicted molar refractivity (Wildman–Crippen MR) is 84.4 cm³/mol. The quantitative estimate of drug-likeness (QED) is 0.629. The van der Waals surface area contributed by atoms with Crippen molar-refractivity contribution >= 4 is 0 Å². The molecule has 0 saturated heterocycles. The lowest BCUT2D eigenvalue weighted by molar-refractivity contribution is 0.881. The molecule has 0 radical (unpaired) electrons. The van der Waals surface area contributed by atoms with Gasteiger partial charge in [-0.2, -0.15) is 10.2 Å². The van der Waals surface area contributed by atoms with E-state index in [1.165, 1.54) is 11.9 Å². The average molecular weight is 287 g/mol. The minimum absolute atomic E-state index is 0.778. The molecular weight excluding hydrogens is 274 g/mol. The third-order valence-corrected chi connectivity index (χ3v) is 3.54. The molecule has 0 aliphatic rings. The van der Waals surface area contributed by atoms with Gasteiger partial charge in [0.1, 0.15) is 6.33 Å². The molecule has 2 aromatic carbocycles. The van der Waals surface area contributed by atoms with Crippen LogP contribution in [0.1, 0.15) is 0 Å². The Kier molecular flexibility index (Phi) is 3.01. The summed E-state index contributed by atoms with van der Waals surface area (Å²) >= 11 is 0. The van der Waals surface area contributed by atoms with E-state index in [-0.39, 0.29) is 0 Å². The van der Waals surface area contributed by atoms with E-state index in [0.717, 1.165) is 22.6 Å². The molecule has 5 nitrogen and oxygen atoms in total. The average Bonchev–Trinajstić information content (AvgIpc) is 3.29. The molecule has 0 fully saturated rings. The van der Waals surface area contributed by atoms with Crippen molar-refractivity contribution in [1.82, 2.24) is 25.0 Å². The van der Waals surface area contributed by atoms with E-state index in [2.05, 4.69) is 56.7 Å². The van der Waals surface area contributed by atoms with Crippen LogP contribution in [-0.4, -0.2) is 25.0 Å². The Bertz CT molecular complexity index is 769. The van der Waals surface area contributed by atoms with Crippen LogP contribution in [0, 0.1) is 0 Å². The van der Waals surface area contributed by atoms with Gasteiger partial charge in [0.05, 0.1) is 5.69 Å². The van der Waals surface area contributed by atoms with Crippen LogP contribution in [0.4, 0.5) is 0 Å². The Balaban J connectivity index is 1.62. The van der Waals surface area contributed by atoms with Gasteiger partial charge in [-0.25, -0.2) is 9.67 Å². The van der Waals surface area contributed by atoms with E-state index in [4.69, 9.17) is 0 Å². The highest BCUT2D eigenvalue weighted by molar-refractivity contribution is 5.68. The Morgan fingerprint density at radius 1 is 0.818 bits per heavy atom. The topological polar surface area (TPSA) is 59.4 Å². The van der Waals surface area contributed by atoms with Crippen LogP contribution in [0.3, 0.4) is 0 Å². The second kappa shape index (κ2) is 5.29. The molecule has 0 spiro atoms. The van der Waals surface area contributed by atoms with Crippen LogP contribution >= 0.6 is 0 Å². The highest BCUT2D eigenvalue weighted by Gasteiger charge is 2.03. The maximum Gasteiger partial charge on any atom is 0.155 e. The standard InChI is InChI=1S/C17H13N5/c1-10-20-22(11-1)16-8-6-14(7-9-16)13-2-4-15(5-3-13)17-18-12-19-21-17/h1-12H,(H,18,19,21). The summed E-state index contributed by atoms with van der Waals surface area (Å²) in [6.07, 6.45) is 5.22. The Morgan fingerprint density at radius 3 is 2.09 bits per heavy atom. The molecule has 22 heavy (non-hydrogen) atoms. The van der Waals surface area contributed by atoms with Crippen molar-refractivity contribution in [1.29, 1.82) is 0 Å². The zero-order valence-electron chi connectivity index (χ0n) is 11.7. The molecule has 2 heterocycles. The van der Waals surface area contributed by atoms with Gasteiger partial charge in [0, 0.05) is 18.0 Å². The molecule has 4 rings (SSSR count). The highest BCUT2D eigenvalue weighted by atomic mass is 15.3. The Hall–Kier alpha value is -3.21. The van der Waals surface area contributed by atoms with Gasteiger partial charge in [-0.1, -0.05) is 36.4 Å². The number of nitrogens with one attached hydrogen (secondary N) is 1. The summed E-state index contributed by atoms with van der Waals surface area (Å²) in [4.78, 5) is 4.15. The Morgan fingerprint density at radius 2 is 1.50 bits per heavy atom. The number of nitrogens with zero attached hydrogens (tertiary/aromatic N) is 4. The molecule has 0 bridgehead atoms. The number of H-pyrrole nitrogens is 1. The summed E-state index contributed by atoms with van der Waals surface area (Å²) in [7, 11) is 0. The molecule has 106 valence electrons. The van der Waals surface area contributed by atoms with Crippen LogP contribution < -0.4 is 0 Å². The maximum atomic E-state index is 4.23. The first-order valence-electron chi connectivity index (χ1n) is 6.96. The molecule has 2 aromatic heterocycles. The summed E-state index contributed by atoms with van der Waals surface area (Å²) in [5.74, 6) is 0.778. The van der Waals surface area contributed by atoms with E-state index in [1.807, 2.05) is 29.1 Å². The smallest absolute Gasteiger partial charge is 0.155 e. The molecule has 0 unspecified atom stereocenters. The maximum absolute atomic E-state index is 4.23. The number of benzene rings is 2. The van der Waals surface area contributed by atoms with Crippen LogP contribution in [0.5, 0.6) is 0 Å². The number of hydrogen-bond acceptors (Lipinski definition) is 3. The second-order valence-electron chi connectivity index (χ2n) is 4.91. The zero-order chi connectivity index (χ0) is 14.8. The lowest BCUT2D eigenvalue weighted by Gasteiger charge is -2.05. The molecule has 4 aromatic rings. The summed E-state index contributed by atoms with van der Waals surface area (Å²) < 4.78 is 1.84. The number of rotatable bonds is 3. The van der Waals surface area contributed by atoms with Crippen LogP contribution in [0.15, 0.2) is 73.3 Å². The Labute approximate surface area is 127 Å². The third-order valence-electron chi connectivity index (χ3n) is 3.54. The van der Waals surface area contributed by atoms with Gasteiger partial charge in [-0.15, -0.1) is 0 Å². The first-order chi connectivity index (χ1) is 10.9. The van der Waals surface area contributed by atoms with Crippen molar-refractivity contribution < 1.29 is 0 Å². The molecular formula is C17H13N5. The van der Waals surface area contributed by atoms with Gasteiger partial charge in [0.2, 0.25) is 0 Å². The lowest BCUT2D eigenvalue weighted by Crippen LogP contribution is -1.93. The first kappa shape index (κ1) is 12.5. The van der Waals surface area contributed by atoms with Crippen molar-refractivity contribution in [2.45, 2.75) is 0 Å². The van der Waals surface area contributed by atoms with Gasteiger partial charge < -0.3 is 0 Å². The molecule has 0 aliphatic carbocycles. The summed E-state index contributed by atoms with van der Waals surface area (Å²) in [5.41, 5.74) is 4.40. The minimum Gasteiger partial charge on any atom is -0.259 e. The largest absolute Gasteiger partial charge is 0.259 e. The molecule has 1 N–H and O–H groups in total. The van der Waals surface area contributed by atoms with Gasteiger partial charge in [-0.3, -0.25) is 5.10 Å². The number of aromatic amines is 1. The minimum atomic E-state index is 0.778. The highest BCUT2D eigenvalue weighted by Crippen LogP contribution is 2.23. The van der Waals surface area contributed by atoms with Crippen molar-refractivity contribution in [3.05, 3.63) is 73.3 Å². The monoisotopic (exact) mass is 287 g/mol. The van der Waals surface area contributed by atoms with Gasteiger partial charge >= 0.3 is 0 Å². The van der Waals surface area contributed by atoms with E-state index >= 15 is 0 Å². The number of aromatic nitrogens is 5. The van der Waals surface area contributed by atoms with E-state index in [9.17, 15) is 0 Å². The van der Waals surface area contributed by atoms with Crippen LogP contribution in [0.2, 0.25) is 0 Å². The van der Waals surface area contributed by atoms with Crippen molar-refractivity contribution in [3.63, 3.8) is 0 Å². The normalized spacial score (nSPS) is 10.7. The molecule has 5 heteroatoms. The van der Waals surface area contributed by atoms with E-state index in [1.54, 1.807) is 6.20 Å². The van der Waals surface area contributed by atoms with Gasteiger partial charge in [-0.05, 0) is 29.3 Å².